The zero-order valence-corrected chi connectivity index (χ0v) is 16.3. The van der Waals surface area contributed by atoms with Gasteiger partial charge in [-0.05, 0) is 57.0 Å². The summed E-state index contributed by atoms with van der Waals surface area (Å²) in [7, 11) is -3.81. The van der Waals surface area contributed by atoms with Crippen LogP contribution in [0.3, 0.4) is 0 Å². The number of hydrogen-bond donors (Lipinski definition) is 3. The summed E-state index contributed by atoms with van der Waals surface area (Å²) in [5.74, 6) is -0.353. The average Bonchev–Trinajstić information content (AvgIpc) is 2.54. The van der Waals surface area contributed by atoms with E-state index in [1.165, 1.54) is 12.1 Å². The molecular weight excluding hydrogens is 350 g/mol. The fraction of sp³-hybridized carbons (Fsp3) is 0.316. The highest BCUT2D eigenvalue weighted by Gasteiger charge is 2.20. The molecule has 0 aliphatic rings. The van der Waals surface area contributed by atoms with Gasteiger partial charge in [0.05, 0.1) is 10.6 Å². The van der Waals surface area contributed by atoms with Crippen molar-refractivity contribution in [2.24, 2.45) is 5.73 Å². The summed E-state index contributed by atoms with van der Waals surface area (Å²) < 4.78 is 28.0. The highest BCUT2D eigenvalue weighted by atomic mass is 32.2. The van der Waals surface area contributed by atoms with Gasteiger partial charge in [-0.3, -0.25) is 9.52 Å². The Morgan fingerprint density at radius 1 is 1.08 bits per heavy atom. The first kappa shape index (κ1) is 19.9. The predicted molar refractivity (Wildman–Crippen MR) is 104 cm³/mol. The normalized spacial score (nSPS) is 11.9. The van der Waals surface area contributed by atoms with Crippen molar-refractivity contribution < 1.29 is 13.2 Å². The van der Waals surface area contributed by atoms with E-state index in [9.17, 15) is 13.2 Å². The minimum absolute atomic E-state index is 0.0310. The number of nitrogens with one attached hydrogen (secondary N) is 2. The topological polar surface area (TPSA) is 101 Å². The molecule has 0 aromatic heterocycles. The number of rotatable bonds is 6. The minimum atomic E-state index is -3.81. The molecule has 0 saturated carbocycles. The molecule has 26 heavy (non-hydrogen) atoms. The first-order valence-corrected chi connectivity index (χ1v) is 9.74. The molecular formula is C19H25N3O3S. The van der Waals surface area contributed by atoms with E-state index >= 15 is 0 Å². The lowest BCUT2D eigenvalue weighted by atomic mass is 10.1. The molecule has 7 heteroatoms. The van der Waals surface area contributed by atoms with Crippen LogP contribution in [0.2, 0.25) is 0 Å². The maximum Gasteiger partial charge on any atom is 0.261 e. The molecule has 4 N–H and O–H groups in total. The Balaban J connectivity index is 2.30. The molecule has 0 saturated heterocycles. The van der Waals surface area contributed by atoms with E-state index in [4.69, 9.17) is 5.73 Å². The number of carbonyl (C=O) groups excluding carboxylic acids is 1. The molecule has 0 bridgehead atoms. The number of anilines is 1. The fourth-order valence-electron chi connectivity index (χ4n) is 2.31. The van der Waals surface area contributed by atoms with Crippen LogP contribution < -0.4 is 15.8 Å². The van der Waals surface area contributed by atoms with E-state index in [0.717, 1.165) is 5.56 Å². The molecule has 0 aliphatic carbocycles. The third kappa shape index (κ3) is 5.06. The van der Waals surface area contributed by atoms with E-state index < -0.39 is 15.6 Å². The average molecular weight is 375 g/mol. The molecule has 0 radical (unpaired) electrons. The molecule has 0 atom stereocenters. The second-order valence-corrected chi connectivity index (χ2v) is 8.75. The molecule has 0 fully saturated rings. The standard InChI is InChI=1S/C19H25N3O3S/c1-13-9-10-15(11-16(13)18(23)21-12-19(3,4)20)26(24,25)22-17-8-6-5-7-14(17)2/h5-11,22H,12,20H2,1-4H3,(H,21,23). The maximum absolute atomic E-state index is 12.7. The van der Waals surface area contributed by atoms with Crippen LogP contribution in [0.4, 0.5) is 5.69 Å². The molecule has 0 aliphatic heterocycles. The minimum Gasteiger partial charge on any atom is -0.350 e. The molecule has 2 aromatic rings. The zero-order valence-electron chi connectivity index (χ0n) is 15.5. The van der Waals surface area contributed by atoms with E-state index in [1.807, 2.05) is 19.1 Å². The summed E-state index contributed by atoms with van der Waals surface area (Å²) in [6.07, 6.45) is 0. The van der Waals surface area contributed by atoms with Gasteiger partial charge in [0.1, 0.15) is 0 Å². The Bertz CT molecular complexity index is 916. The van der Waals surface area contributed by atoms with Crippen LogP contribution in [0.5, 0.6) is 0 Å². The van der Waals surface area contributed by atoms with Crippen LogP contribution in [0.1, 0.15) is 35.3 Å². The van der Waals surface area contributed by atoms with Gasteiger partial charge in [0, 0.05) is 17.6 Å². The van der Waals surface area contributed by atoms with E-state index in [0.29, 0.717) is 16.8 Å². The van der Waals surface area contributed by atoms with E-state index in [2.05, 4.69) is 10.0 Å². The fourth-order valence-corrected chi connectivity index (χ4v) is 3.46. The number of benzene rings is 2. The number of aryl methyl sites for hydroxylation is 2. The maximum atomic E-state index is 12.7. The smallest absolute Gasteiger partial charge is 0.261 e. The molecule has 2 aromatic carbocycles. The van der Waals surface area contributed by atoms with Crippen molar-refractivity contribution in [2.75, 3.05) is 11.3 Å². The lowest BCUT2D eigenvalue weighted by Gasteiger charge is -2.19. The molecule has 0 spiro atoms. The third-order valence-corrected chi connectivity index (χ3v) is 5.22. The summed E-state index contributed by atoms with van der Waals surface area (Å²) >= 11 is 0. The number of sulfonamides is 1. The summed E-state index contributed by atoms with van der Waals surface area (Å²) in [6, 6.07) is 11.6. The Morgan fingerprint density at radius 2 is 1.73 bits per heavy atom. The molecule has 0 heterocycles. The molecule has 6 nitrogen and oxygen atoms in total. The Morgan fingerprint density at radius 3 is 2.35 bits per heavy atom. The van der Waals surface area contributed by atoms with Gasteiger partial charge in [0.25, 0.3) is 15.9 Å². The van der Waals surface area contributed by atoms with Crippen molar-refractivity contribution in [1.29, 1.82) is 0 Å². The highest BCUT2D eigenvalue weighted by molar-refractivity contribution is 7.92. The third-order valence-electron chi connectivity index (χ3n) is 3.86. The van der Waals surface area contributed by atoms with Crippen LogP contribution in [0.25, 0.3) is 0 Å². The summed E-state index contributed by atoms with van der Waals surface area (Å²) in [4.78, 5) is 12.5. The van der Waals surface area contributed by atoms with Crippen LogP contribution in [-0.2, 0) is 10.0 Å². The molecule has 140 valence electrons. The van der Waals surface area contributed by atoms with Crippen molar-refractivity contribution in [2.45, 2.75) is 38.1 Å². The first-order valence-electron chi connectivity index (χ1n) is 8.26. The van der Waals surface area contributed by atoms with E-state index in [-0.39, 0.29) is 17.3 Å². The monoisotopic (exact) mass is 375 g/mol. The number of hydrogen-bond acceptors (Lipinski definition) is 4. The molecule has 1 amide bonds. The van der Waals surface area contributed by atoms with Gasteiger partial charge in [-0.25, -0.2) is 8.42 Å². The SMILES string of the molecule is Cc1ccccc1NS(=O)(=O)c1ccc(C)c(C(=O)NCC(C)(C)N)c1. The van der Waals surface area contributed by atoms with Crippen LogP contribution in [0.15, 0.2) is 47.4 Å². The van der Waals surface area contributed by atoms with Crippen molar-refractivity contribution in [1.82, 2.24) is 5.32 Å². The number of para-hydroxylation sites is 1. The summed E-state index contributed by atoms with van der Waals surface area (Å²) in [5, 5.41) is 2.74. The lowest BCUT2D eigenvalue weighted by Crippen LogP contribution is -2.45. The number of nitrogens with two attached hydrogens (primary N) is 1. The van der Waals surface area contributed by atoms with Gasteiger partial charge in [0.2, 0.25) is 0 Å². The lowest BCUT2D eigenvalue weighted by molar-refractivity contribution is 0.0945. The Hall–Kier alpha value is -2.38. The first-order chi connectivity index (χ1) is 12.0. The highest BCUT2D eigenvalue weighted by Crippen LogP contribution is 2.21. The van der Waals surface area contributed by atoms with Crippen molar-refractivity contribution in [3.63, 3.8) is 0 Å². The second-order valence-electron chi connectivity index (χ2n) is 7.07. The molecule has 0 unspecified atom stereocenters. The van der Waals surface area contributed by atoms with Gasteiger partial charge in [0.15, 0.2) is 0 Å². The molecule has 2 rings (SSSR count). The summed E-state index contributed by atoms with van der Waals surface area (Å²) in [6.45, 7) is 7.46. The Kier molecular flexibility index (Phi) is 5.73. The van der Waals surface area contributed by atoms with Crippen LogP contribution >= 0.6 is 0 Å². The van der Waals surface area contributed by atoms with Crippen molar-refractivity contribution in [3.8, 4) is 0 Å². The van der Waals surface area contributed by atoms with Crippen molar-refractivity contribution in [3.05, 3.63) is 59.2 Å². The Labute approximate surface area is 154 Å². The van der Waals surface area contributed by atoms with Gasteiger partial charge < -0.3 is 11.1 Å². The largest absolute Gasteiger partial charge is 0.350 e. The summed E-state index contributed by atoms with van der Waals surface area (Å²) in [5.41, 5.74) is 7.63. The van der Waals surface area contributed by atoms with Crippen LogP contribution in [-0.4, -0.2) is 26.4 Å². The number of amides is 1. The van der Waals surface area contributed by atoms with Crippen molar-refractivity contribution >= 4 is 21.6 Å². The van der Waals surface area contributed by atoms with Gasteiger partial charge in [-0.2, -0.15) is 0 Å². The van der Waals surface area contributed by atoms with Gasteiger partial charge in [-0.1, -0.05) is 24.3 Å². The van der Waals surface area contributed by atoms with Gasteiger partial charge in [-0.15, -0.1) is 0 Å². The quantitative estimate of drug-likeness (QED) is 0.722. The van der Waals surface area contributed by atoms with Gasteiger partial charge >= 0.3 is 0 Å². The number of carbonyl (C=O) groups is 1. The van der Waals surface area contributed by atoms with Crippen LogP contribution in [0, 0.1) is 13.8 Å². The second kappa shape index (κ2) is 7.47. The zero-order chi connectivity index (χ0) is 19.5. The predicted octanol–water partition coefficient (Wildman–Crippen LogP) is 2.57. The van der Waals surface area contributed by atoms with E-state index in [1.54, 1.807) is 39.0 Å².